The molecule has 0 aromatic carbocycles. The highest BCUT2D eigenvalue weighted by atomic mass is 32.2. The highest BCUT2D eigenvalue weighted by Gasteiger charge is 2.32. The van der Waals surface area contributed by atoms with Gasteiger partial charge in [0.1, 0.15) is 15.8 Å². The molecule has 4 rings (SSSR count). The first-order chi connectivity index (χ1) is 14.5. The first-order valence-electron chi connectivity index (χ1n) is 10.1. The fourth-order valence-corrected chi connectivity index (χ4v) is 5.12. The zero-order chi connectivity index (χ0) is 21.3. The third-order valence-corrected chi connectivity index (χ3v) is 6.96. The van der Waals surface area contributed by atoms with Gasteiger partial charge in [-0.15, -0.1) is 6.58 Å². The number of aromatic nitrogens is 2. The largest absolute Gasteiger partial charge is 0.367 e. The predicted octanol–water partition coefficient (Wildman–Crippen LogP) is 4.07. The zero-order valence-electron chi connectivity index (χ0n) is 16.8. The topological polar surface area (TPSA) is 66.7 Å². The van der Waals surface area contributed by atoms with Crippen LogP contribution in [0.3, 0.4) is 0 Å². The summed E-state index contributed by atoms with van der Waals surface area (Å²) >= 11 is 6.53. The Morgan fingerprint density at radius 3 is 2.80 bits per heavy atom. The zero-order valence-corrected chi connectivity index (χ0v) is 18.5. The molecule has 1 aliphatic carbocycles. The molecule has 1 saturated carbocycles. The summed E-state index contributed by atoms with van der Waals surface area (Å²) in [7, 11) is 0. The Morgan fingerprint density at radius 2 is 2.07 bits per heavy atom. The van der Waals surface area contributed by atoms with Crippen LogP contribution in [0.25, 0.3) is 11.7 Å². The van der Waals surface area contributed by atoms with Crippen LogP contribution in [0.4, 0.5) is 5.82 Å². The smallest absolute Gasteiger partial charge is 0.267 e. The first kappa shape index (κ1) is 20.8. The Kier molecular flexibility index (Phi) is 6.06. The molecular weight excluding hydrogens is 416 g/mol. The lowest BCUT2D eigenvalue weighted by atomic mass is 9.87. The van der Waals surface area contributed by atoms with Crippen molar-refractivity contribution in [3.63, 3.8) is 0 Å². The SMILES string of the molecule is C=CCN1C(=O)/C(=C\c2c(NC3CCC(C)CC3)nc3ccccn3c2=O)SC1=S. The number of carbonyl (C=O) groups excluding carboxylic acids is 1. The Balaban J connectivity index is 1.76. The molecule has 0 radical (unpaired) electrons. The van der Waals surface area contributed by atoms with Crippen LogP contribution in [0.1, 0.15) is 38.2 Å². The van der Waals surface area contributed by atoms with Crippen LogP contribution < -0.4 is 10.9 Å². The molecule has 1 N–H and O–H groups in total. The highest BCUT2D eigenvalue weighted by molar-refractivity contribution is 8.26. The van der Waals surface area contributed by atoms with Crippen LogP contribution in [0, 0.1) is 5.92 Å². The molecule has 2 aromatic heterocycles. The number of amides is 1. The van der Waals surface area contributed by atoms with Gasteiger partial charge in [-0.25, -0.2) is 4.98 Å². The third-order valence-electron chi connectivity index (χ3n) is 5.59. The second kappa shape index (κ2) is 8.73. The van der Waals surface area contributed by atoms with Gasteiger partial charge in [0.15, 0.2) is 0 Å². The molecule has 0 bridgehead atoms. The van der Waals surface area contributed by atoms with Crippen LogP contribution in [0.2, 0.25) is 0 Å². The summed E-state index contributed by atoms with van der Waals surface area (Å²) in [6.07, 6.45) is 9.34. The number of hydrogen-bond acceptors (Lipinski definition) is 6. The van der Waals surface area contributed by atoms with Crippen molar-refractivity contribution in [1.29, 1.82) is 0 Å². The monoisotopic (exact) mass is 440 g/mol. The number of pyridine rings is 1. The Labute approximate surface area is 185 Å². The summed E-state index contributed by atoms with van der Waals surface area (Å²) in [5.74, 6) is 1.05. The van der Waals surface area contributed by atoms with Gasteiger partial charge in [-0.1, -0.05) is 43.0 Å². The third kappa shape index (κ3) is 4.06. The van der Waals surface area contributed by atoms with E-state index in [-0.39, 0.29) is 17.5 Å². The number of rotatable bonds is 5. The van der Waals surface area contributed by atoms with E-state index < -0.39 is 0 Å². The maximum Gasteiger partial charge on any atom is 0.267 e. The maximum atomic E-state index is 13.3. The fraction of sp³-hybridized carbons (Fsp3) is 0.364. The molecule has 6 nitrogen and oxygen atoms in total. The molecule has 0 spiro atoms. The van der Waals surface area contributed by atoms with Gasteiger partial charge in [0.05, 0.1) is 10.5 Å². The number of carbonyl (C=O) groups is 1. The van der Waals surface area contributed by atoms with Crippen LogP contribution in [0.15, 0.2) is 46.8 Å². The van der Waals surface area contributed by atoms with Crippen LogP contribution in [-0.2, 0) is 4.79 Å². The van der Waals surface area contributed by atoms with Gasteiger partial charge in [0.2, 0.25) is 0 Å². The molecule has 3 heterocycles. The van der Waals surface area contributed by atoms with Crippen molar-refractivity contribution < 1.29 is 4.79 Å². The van der Waals surface area contributed by atoms with Gasteiger partial charge in [-0.05, 0) is 49.8 Å². The molecule has 2 fully saturated rings. The van der Waals surface area contributed by atoms with E-state index in [1.165, 1.54) is 21.1 Å². The number of nitrogens with zero attached hydrogens (tertiary/aromatic N) is 3. The average Bonchev–Trinajstić information content (AvgIpc) is 3.00. The Bertz CT molecular complexity index is 1100. The lowest BCUT2D eigenvalue weighted by molar-refractivity contribution is -0.121. The van der Waals surface area contributed by atoms with Crippen LogP contribution in [0.5, 0.6) is 0 Å². The molecule has 30 heavy (non-hydrogen) atoms. The molecule has 8 heteroatoms. The van der Waals surface area contributed by atoms with Gasteiger partial charge in [-0.2, -0.15) is 0 Å². The first-order valence-corrected chi connectivity index (χ1v) is 11.3. The van der Waals surface area contributed by atoms with Crippen LogP contribution in [-0.4, -0.2) is 37.1 Å². The number of nitrogens with one attached hydrogen (secondary N) is 1. The lowest BCUT2D eigenvalue weighted by Gasteiger charge is -2.27. The Hall–Kier alpha value is -2.45. The van der Waals surface area contributed by atoms with E-state index in [0.717, 1.165) is 31.6 Å². The van der Waals surface area contributed by atoms with Crippen molar-refractivity contribution in [3.8, 4) is 0 Å². The molecule has 2 aromatic rings. The van der Waals surface area contributed by atoms with Crippen molar-refractivity contribution in [2.45, 2.75) is 38.6 Å². The molecule has 0 unspecified atom stereocenters. The number of thiocarbonyl (C=S) groups is 1. The molecule has 0 atom stereocenters. The van der Waals surface area contributed by atoms with Gasteiger partial charge >= 0.3 is 0 Å². The van der Waals surface area contributed by atoms with E-state index in [4.69, 9.17) is 17.2 Å². The minimum Gasteiger partial charge on any atom is -0.367 e. The van der Waals surface area contributed by atoms with E-state index in [2.05, 4.69) is 18.8 Å². The summed E-state index contributed by atoms with van der Waals surface area (Å²) in [4.78, 5) is 32.7. The van der Waals surface area contributed by atoms with Crippen molar-refractivity contribution in [2.24, 2.45) is 5.92 Å². The van der Waals surface area contributed by atoms with Gasteiger partial charge in [-0.3, -0.25) is 18.9 Å². The number of fused-ring (bicyclic) bond motifs is 1. The van der Waals surface area contributed by atoms with Crippen molar-refractivity contribution >= 4 is 51.7 Å². The highest BCUT2D eigenvalue weighted by Crippen LogP contribution is 2.33. The van der Waals surface area contributed by atoms with Crippen LogP contribution >= 0.6 is 24.0 Å². The minimum absolute atomic E-state index is 0.207. The second-order valence-corrected chi connectivity index (χ2v) is 9.47. The number of thioether (sulfide) groups is 1. The Morgan fingerprint density at radius 1 is 1.30 bits per heavy atom. The molecule has 2 aliphatic rings. The molecule has 1 aliphatic heterocycles. The quantitative estimate of drug-likeness (QED) is 0.429. The van der Waals surface area contributed by atoms with Gasteiger partial charge in [0.25, 0.3) is 11.5 Å². The average molecular weight is 441 g/mol. The number of anilines is 1. The van der Waals surface area contributed by atoms with E-state index >= 15 is 0 Å². The second-order valence-electron chi connectivity index (χ2n) is 7.79. The summed E-state index contributed by atoms with van der Waals surface area (Å²) in [5, 5.41) is 3.49. The maximum absolute atomic E-state index is 13.3. The summed E-state index contributed by atoms with van der Waals surface area (Å²) in [5.41, 5.74) is 0.753. The van der Waals surface area contributed by atoms with E-state index in [1.807, 2.05) is 12.1 Å². The lowest BCUT2D eigenvalue weighted by Crippen LogP contribution is -2.29. The fourth-order valence-electron chi connectivity index (χ4n) is 3.86. The normalized spacial score (nSPS) is 23.4. The van der Waals surface area contributed by atoms with E-state index in [0.29, 0.717) is 32.8 Å². The molecule has 156 valence electrons. The van der Waals surface area contributed by atoms with Gasteiger partial charge in [0, 0.05) is 18.8 Å². The van der Waals surface area contributed by atoms with Crippen molar-refractivity contribution in [1.82, 2.24) is 14.3 Å². The molecule has 1 amide bonds. The molecule has 1 saturated heterocycles. The summed E-state index contributed by atoms with van der Waals surface area (Å²) in [6, 6.07) is 5.72. The molecular formula is C22H24N4O2S2. The van der Waals surface area contributed by atoms with Crippen molar-refractivity contribution in [2.75, 3.05) is 11.9 Å². The summed E-state index contributed by atoms with van der Waals surface area (Å²) in [6.45, 7) is 6.30. The standard InChI is InChI=1S/C22H24N4O2S2/c1-3-11-26-21(28)17(30-22(26)29)13-16-19(23-15-9-7-14(2)8-10-15)24-18-6-4-5-12-25(18)20(16)27/h3-6,12-15,23H,1,7-11H2,2H3/b17-13+. The van der Waals surface area contributed by atoms with E-state index in [1.54, 1.807) is 24.4 Å². The minimum atomic E-state index is -0.208. The predicted molar refractivity (Wildman–Crippen MR) is 127 cm³/mol. The van der Waals surface area contributed by atoms with Crippen molar-refractivity contribution in [3.05, 3.63) is 57.9 Å². The number of hydrogen-bond donors (Lipinski definition) is 1. The van der Waals surface area contributed by atoms with E-state index in [9.17, 15) is 9.59 Å². The summed E-state index contributed by atoms with van der Waals surface area (Å²) < 4.78 is 1.97. The van der Waals surface area contributed by atoms with Gasteiger partial charge < -0.3 is 5.32 Å².